The summed E-state index contributed by atoms with van der Waals surface area (Å²) >= 11 is 0. The molecule has 0 radical (unpaired) electrons. The van der Waals surface area contributed by atoms with Crippen LogP contribution in [0.25, 0.3) is 0 Å². The fourth-order valence-corrected chi connectivity index (χ4v) is 3.73. The van der Waals surface area contributed by atoms with Gasteiger partial charge in [-0.3, -0.25) is 14.4 Å². The van der Waals surface area contributed by atoms with Gasteiger partial charge in [-0.1, -0.05) is 6.07 Å². The summed E-state index contributed by atoms with van der Waals surface area (Å²) in [6.07, 6.45) is 2.21. The van der Waals surface area contributed by atoms with Crippen LogP contribution in [0, 0.1) is 0 Å². The number of carbonyl (C=O) groups is 3. The van der Waals surface area contributed by atoms with Crippen molar-refractivity contribution < 1.29 is 19.1 Å². The van der Waals surface area contributed by atoms with Crippen LogP contribution in [0.5, 0.6) is 0 Å². The number of hydrogen-bond acceptors (Lipinski definition) is 5. The van der Waals surface area contributed by atoms with E-state index >= 15 is 0 Å². The lowest BCUT2D eigenvalue weighted by Gasteiger charge is -2.30. The quantitative estimate of drug-likeness (QED) is 0.712. The highest BCUT2D eigenvalue weighted by Crippen LogP contribution is 2.18. The van der Waals surface area contributed by atoms with Crippen molar-refractivity contribution in [3.63, 3.8) is 0 Å². The van der Waals surface area contributed by atoms with E-state index in [0.717, 1.165) is 25.9 Å². The lowest BCUT2D eigenvalue weighted by molar-refractivity contribution is -0.132. The lowest BCUT2D eigenvalue weighted by Crippen LogP contribution is -2.47. The molecule has 3 amide bonds. The second kappa shape index (κ2) is 10.4. The number of carbonyl (C=O) groups excluding carboxylic acids is 3. The van der Waals surface area contributed by atoms with Crippen molar-refractivity contribution in [1.82, 2.24) is 15.1 Å². The van der Waals surface area contributed by atoms with E-state index in [1.54, 1.807) is 29.2 Å². The molecule has 2 N–H and O–H groups in total. The minimum Gasteiger partial charge on any atom is -0.376 e. The van der Waals surface area contributed by atoms with Gasteiger partial charge in [0.2, 0.25) is 11.8 Å². The fraction of sp³-hybridized carbons (Fsp3) is 0.571. The molecule has 1 atom stereocenters. The summed E-state index contributed by atoms with van der Waals surface area (Å²) in [6, 6.07) is 6.89. The van der Waals surface area contributed by atoms with Crippen molar-refractivity contribution in [1.29, 1.82) is 0 Å². The number of amides is 3. The van der Waals surface area contributed by atoms with E-state index in [1.807, 2.05) is 4.90 Å². The third-order valence-corrected chi connectivity index (χ3v) is 5.23. The van der Waals surface area contributed by atoms with Crippen LogP contribution in [0.15, 0.2) is 24.3 Å². The number of benzene rings is 1. The molecule has 1 aromatic rings. The molecular weight excluding hydrogens is 372 g/mol. The van der Waals surface area contributed by atoms with Gasteiger partial charge < -0.3 is 25.2 Å². The van der Waals surface area contributed by atoms with Crippen LogP contribution in [0.2, 0.25) is 0 Å². The molecule has 0 bridgehead atoms. The first-order chi connectivity index (χ1) is 14.0. The molecule has 3 rings (SSSR count). The maximum atomic E-state index is 13.2. The van der Waals surface area contributed by atoms with Gasteiger partial charge in [-0.05, 0) is 31.0 Å². The first-order valence-electron chi connectivity index (χ1n) is 10.3. The standard InChI is InChI=1S/C21H30N4O4/c1-16(26)23-18-5-2-4-17(14-18)21(28)25(15-19-6-3-13-29-19)10-7-20(27)24-11-8-22-9-12-24/h2,4-5,14,19,22H,3,6-13,15H2,1H3,(H,23,26)/t19-/m1/s1. The molecule has 2 fully saturated rings. The van der Waals surface area contributed by atoms with E-state index in [2.05, 4.69) is 10.6 Å². The van der Waals surface area contributed by atoms with Crippen molar-refractivity contribution in [2.45, 2.75) is 32.3 Å². The predicted molar refractivity (Wildman–Crippen MR) is 110 cm³/mol. The fourth-order valence-electron chi connectivity index (χ4n) is 3.73. The molecule has 0 spiro atoms. The summed E-state index contributed by atoms with van der Waals surface area (Å²) in [5.41, 5.74) is 1.07. The van der Waals surface area contributed by atoms with Gasteiger partial charge in [0.15, 0.2) is 0 Å². The molecule has 2 aliphatic heterocycles. The van der Waals surface area contributed by atoms with E-state index in [-0.39, 0.29) is 23.8 Å². The molecule has 0 aliphatic carbocycles. The van der Waals surface area contributed by atoms with Gasteiger partial charge >= 0.3 is 0 Å². The summed E-state index contributed by atoms with van der Waals surface area (Å²) in [5.74, 6) is -0.267. The molecule has 8 heteroatoms. The van der Waals surface area contributed by atoms with E-state index in [0.29, 0.717) is 50.5 Å². The largest absolute Gasteiger partial charge is 0.376 e. The summed E-state index contributed by atoms with van der Waals surface area (Å²) in [7, 11) is 0. The zero-order chi connectivity index (χ0) is 20.6. The Morgan fingerprint density at radius 1 is 1.28 bits per heavy atom. The maximum absolute atomic E-state index is 13.2. The van der Waals surface area contributed by atoms with Crippen molar-refractivity contribution >= 4 is 23.4 Å². The Balaban J connectivity index is 1.67. The van der Waals surface area contributed by atoms with Gasteiger partial charge in [0, 0.05) is 70.5 Å². The Labute approximate surface area is 171 Å². The van der Waals surface area contributed by atoms with E-state index < -0.39 is 0 Å². The molecule has 0 unspecified atom stereocenters. The van der Waals surface area contributed by atoms with Crippen LogP contribution in [0.1, 0.15) is 36.5 Å². The first kappa shape index (κ1) is 21.3. The smallest absolute Gasteiger partial charge is 0.254 e. The Morgan fingerprint density at radius 3 is 2.76 bits per heavy atom. The van der Waals surface area contributed by atoms with Crippen molar-refractivity contribution in [3.05, 3.63) is 29.8 Å². The van der Waals surface area contributed by atoms with Gasteiger partial charge in [-0.15, -0.1) is 0 Å². The molecule has 2 aliphatic rings. The summed E-state index contributed by atoms with van der Waals surface area (Å²) in [5, 5.41) is 5.94. The summed E-state index contributed by atoms with van der Waals surface area (Å²) < 4.78 is 5.71. The van der Waals surface area contributed by atoms with Gasteiger partial charge in [-0.25, -0.2) is 0 Å². The third-order valence-electron chi connectivity index (χ3n) is 5.23. The van der Waals surface area contributed by atoms with Crippen LogP contribution in [0.4, 0.5) is 5.69 Å². The molecule has 158 valence electrons. The number of ether oxygens (including phenoxy) is 1. The number of piperazine rings is 1. The maximum Gasteiger partial charge on any atom is 0.254 e. The number of hydrogen-bond donors (Lipinski definition) is 2. The van der Waals surface area contributed by atoms with Gasteiger partial charge in [-0.2, -0.15) is 0 Å². The number of rotatable bonds is 7. The average Bonchev–Trinajstić information content (AvgIpc) is 3.24. The van der Waals surface area contributed by atoms with Gasteiger partial charge in [0.05, 0.1) is 6.10 Å². The molecule has 2 heterocycles. The molecule has 2 saturated heterocycles. The van der Waals surface area contributed by atoms with Crippen molar-refractivity contribution in [2.75, 3.05) is 51.2 Å². The second-order valence-electron chi connectivity index (χ2n) is 7.53. The van der Waals surface area contributed by atoms with Crippen molar-refractivity contribution in [3.8, 4) is 0 Å². The van der Waals surface area contributed by atoms with Crippen LogP contribution >= 0.6 is 0 Å². The lowest BCUT2D eigenvalue weighted by atomic mass is 10.1. The van der Waals surface area contributed by atoms with Crippen LogP contribution < -0.4 is 10.6 Å². The minimum atomic E-state index is -0.188. The Kier molecular flexibility index (Phi) is 7.60. The van der Waals surface area contributed by atoms with Crippen LogP contribution in [-0.4, -0.2) is 79.5 Å². The number of nitrogens with one attached hydrogen (secondary N) is 2. The van der Waals surface area contributed by atoms with E-state index in [4.69, 9.17) is 4.74 Å². The zero-order valence-electron chi connectivity index (χ0n) is 17.0. The van der Waals surface area contributed by atoms with Gasteiger partial charge in [0.1, 0.15) is 0 Å². The predicted octanol–water partition coefficient (Wildman–Crippen LogP) is 1.09. The zero-order valence-corrected chi connectivity index (χ0v) is 17.0. The third kappa shape index (κ3) is 6.27. The SMILES string of the molecule is CC(=O)Nc1cccc(C(=O)N(CCC(=O)N2CCNCC2)C[C@H]2CCCO2)c1. The normalized spacial score (nSPS) is 19.1. The Morgan fingerprint density at radius 2 is 2.07 bits per heavy atom. The molecule has 0 aromatic heterocycles. The first-order valence-corrected chi connectivity index (χ1v) is 10.3. The summed E-state index contributed by atoms with van der Waals surface area (Å²) in [6.45, 7) is 5.99. The molecule has 0 saturated carbocycles. The molecule has 1 aromatic carbocycles. The monoisotopic (exact) mass is 402 g/mol. The second-order valence-corrected chi connectivity index (χ2v) is 7.53. The molecule has 29 heavy (non-hydrogen) atoms. The van der Waals surface area contributed by atoms with Gasteiger partial charge in [0.25, 0.3) is 5.91 Å². The highest BCUT2D eigenvalue weighted by Gasteiger charge is 2.25. The topological polar surface area (TPSA) is 91.0 Å². The Hall–Kier alpha value is -2.45. The molecular formula is C21H30N4O4. The highest BCUT2D eigenvalue weighted by atomic mass is 16.5. The number of nitrogens with zero attached hydrogens (tertiary/aromatic N) is 2. The number of anilines is 1. The van der Waals surface area contributed by atoms with Crippen LogP contribution in [0.3, 0.4) is 0 Å². The Bertz CT molecular complexity index is 727. The molecule has 8 nitrogen and oxygen atoms in total. The van der Waals surface area contributed by atoms with E-state index in [9.17, 15) is 14.4 Å². The average molecular weight is 402 g/mol. The summed E-state index contributed by atoms with van der Waals surface area (Å²) in [4.78, 5) is 40.6. The van der Waals surface area contributed by atoms with Crippen LogP contribution in [-0.2, 0) is 14.3 Å². The highest BCUT2D eigenvalue weighted by molar-refractivity contribution is 5.97. The van der Waals surface area contributed by atoms with E-state index in [1.165, 1.54) is 6.92 Å². The van der Waals surface area contributed by atoms with Crippen molar-refractivity contribution in [2.24, 2.45) is 0 Å². The minimum absolute atomic E-state index is 0.00626.